The molecule has 0 saturated carbocycles. The van der Waals surface area contributed by atoms with E-state index in [1.54, 1.807) is 0 Å². The number of nitrogens with two attached hydrogens (primary N) is 1. The average molecular weight is 289 g/mol. The van der Waals surface area contributed by atoms with Crippen molar-refractivity contribution in [1.29, 1.82) is 0 Å². The summed E-state index contributed by atoms with van der Waals surface area (Å²) in [5, 5.41) is 0. The van der Waals surface area contributed by atoms with Crippen LogP contribution in [0.2, 0.25) is 0 Å². The fourth-order valence-corrected chi connectivity index (χ4v) is 3.91. The highest BCUT2D eigenvalue weighted by molar-refractivity contribution is 5.46. The lowest BCUT2D eigenvalue weighted by atomic mass is 9.82. The number of nitrogens with zero attached hydrogens (tertiary/aromatic N) is 1. The van der Waals surface area contributed by atoms with Crippen LogP contribution in [0.3, 0.4) is 0 Å². The fraction of sp³-hybridized carbons (Fsp3) is 0.647. The normalized spacial score (nSPS) is 22.6. The third-order valence-corrected chi connectivity index (χ3v) is 5.39. The molecule has 1 fully saturated rings. The van der Waals surface area contributed by atoms with Crippen molar-refractivity contribution in [1.82, 2.24) is 10.3 Å². The minimum absolute atomic E-state index is 0.0202. The van der Waals surface area contributed by atoms with Gasteiger partial charge in [0.2, 0.25) is 0 Å². The summed E-state index contributed by atoms with van der Waals surface area (Å²) in [5.41, 5.74) is 5.64. The molecule has 0 spiro atoms. The number of hydrazine groups is 1. The maximum Gasteiger partial charge on any atom is 0.127 e. The lowest BCUT2D eigenvalue weighted by Crippen LogP contribution is -2.54. The van der Waals surface area contributed by atoms with Crippen molar-refractivity contribution in [3.8, 4) is 5.75 Å². The lowest BCUT2D eigenvalue weighted by Gasteiger charge is -2.44. The van der Waals surface area contributed by atoms with E-state index in [0.29, 0.717) is 0 Å². The molecule has 0 aliphatic carbocycles. The van der Waals surface area contributed by atoms with Gasteiger partial charge in [0.05, 0.1) is 12.6 Å². The molecule has 0 amide bonds. The number of nitrogens with one attached hydrogen (secondary N) is 1. The molecule has 0 radical (unpaired) electrons. The topological polar surface area (TPSA) is 50.5 Å². The molecule has 4 nitrogen and oxygen atoms in total. The van der Waals surface area contributed by atoms with Crippen molar-refractivity contribution in [3.63, 3.8) is 0 Å². The Kier molecular flexibility index (Phi) is 4.20. The van der Waals surface area contributed by atoms with Crippen LogP contribution >= 0.6 is 0 Å². The zero-order chi connectivity index (χ0) is 14.9. The molecule has 2 aliphatic rings. The first-order chi connectivity index (χ1) is 10.2. The standard InChI is InChI=1S/C17H27N3O/c1-3-17(2,20-10-4-5-11-20)16(19-18)14-8-6-7-13-9-12-21-15(13)14/h6-8,16,19H,3-5,9-12,18H2,1-2H3. The van der Waals surface area contributed by atoms with Gasteiger partial charge in [0, 0.05) is 17.5 Å². The maximum absolute atomic E-state index is 6.00. The summed E-state index contributed by atoms with van der Waals surface area (Å²) >= 11 is 0. The summed E-state index contributed by atoms with van der Waals surface area (Å²) in [7, 11) is 0. The molecule has 2 aliphatic heterocycles. The van der Waals surface area contributed by atoms with E-state index in [1.807, 2.05) is 0 Å². The number of ether oxygens (including phenoxy) is 1. The number of hydrogen-bond donors (Lipinski definition) is 2. The summed E-state index contributed by atoms with van der Waals surface area (Å²) in [5.74, 6) is 7.05. The first kappa shape index (κ1) is 14.8. The van der Waals surface area contributed by atoms with Crippen molar-refractivity contribution < 1.29 is 4.74 Å². The van der Waals surface area contributed by atoms with Crippen molar-refractivity contribution in [2.24, 2.45) is 5.84 Å². The molecule has 2 heterocycles. The van der Waals surface area contributed by atoms with Crippen molar-refractivity contribution >= 4 is 0 Å². The quantitative estimate of drug-likeness (QED) is 0.645. The maximum atomic E-state index is 6.00. The molecular formula is C17H27N3O. The summed E-state index contributed by atoms with van der Waals surface area (Å²) in [6.07, 6.45) is 4.64. The Labute approximate surface area is 127 Å². The monoisotopic (exact) mass is 289 g/mol. The first-order valence-corrected chi connectivity index (χ1v) is 8.16. The van der Waals surface area contributed by atoms with E-state index < -0.39 is 0 Å². The number of rotatable bonds is 5. The third-order valence-electron chi connectivity index (χ3n) is 5.39. The molecule has 116 valence electrons. The van der Waals surface area contributed by atoms with E-state index in [9.17, 15) is 0 Å². The van der Waals surface area contributed by atoms with E-state index in [1.165, 1.54) is 37.1 Å². The average Bonchev–Trinajstić information content (AvgIpc) is 3.19. The summed E-state index contributed by atoms with van der Waals surface area (Å²) < 4.78 is 5.90. The highest BCUT2D eigenvalue weighted by atomic mass is 16.5. The van der Waals surface area contributed by atoms with Gasteiger partial charge < -0.3 is 4.74 Å². The Balaban J connectivity index is 1.99. The van der Waals surface area contributed by atoms with E-state index >= 15 is 0 Å². The van der Waals surface area contributed by atoms with Crippen LogP contribution in [0.4, 0.5) is 0 Å². The van der Waals surface area contributed by atoms with Gasteiger partial charge >= 0.3 is 0 Å². The van der Waals surface area contributed by atoms with E-state index in [4.69, 9.17) is 10.6 Å². The van der Waals surface area contributed by atoms with Gasteiger partial charge in [0.1, 0.15) is 5.75 Å². The second kappa shape index (κ2) is 5.95. The Morgan fingerprint density at radius 3 is 2.81 bits per heavy atom. The molecule has 3 rings (SSSR count). The van der Waals surface area contributed by atoms with Crippen LogP contribution in [0, 0.1) is 0 Å². The summed E-state index contributed by atoms with van der Waals surface area (Å²) in [6, 6.07) is 6.55. The van der Waals surface area contributed by atoms with Gasteiger partial charge in [-0.3, -0.25) is 16.2 Å². The predicted octanol–water partition coefficient (Wildman–Crippen LogP) is 2.39. The van der Waals surface area contributed by atoms with Gasteiger partial charge in [-0.15, -0.1) is 0 Å². The van der Waals surface area contributed by atoms with Crippen LogP contribution in [0.5, 0.6) is 5.75 Å². The second-order valence-electron chi connectivity index (χ2n) is 6.44. The summed E-state index contributed by atoms with van der Waals surface area (Å²) in [4.78, 5) is 2.59. The van der Waals surface area contributed by atoms with E-state index in [2.05, 4.69) is 42.4 Å². The Bertz CT molecular complexity index is 499. The third kappa shape index (κ3) is 2.45. The van der Waals surface area contributed by atoms with Gasteiger partial charge in [-0.05, 0) is 44.8 Å². The van der Waals surface area contributed by atoms with E-state index in [0.717, 1.165) is 25.2 Å². The van der Waals surface area contributed by atoms with Crippen LogP contribution in [0.15, 0.2) is 18.2 Å². The molecule has 1 aromatic carbocycles. The van der Waals surface area contributed by atoms with Crippen LogP contribution < -0.4 is 16.0 Å². The molecule has 0 aromatic heterocycles. The minimum atomic E-state index is 0.0202. The molecule has 2 atom stereocenters. The zero-order valence-electron chi connectivity index (χ0n) is 13.2. The van der Waals surface area contributed by atoms with E-state index in [-0.39, 0.29) is 11.6 Å². The molecular weight excluding hydrogens is 262 g/mol. The van der Waals surface area contributed by atoms with Gasteiger partial charge in [-0.25, -0.2) is 0 Å². The van der Waals surface area contributed by atoms with Crippen molar-refractivity contribution in [2.75, 3.05) is 19.7 Å². The highest BCUT2D eigenvalue weighted by Crippen LogP contribution is 2.41. The van der Waals surface area contributed by atoms with Crippen LogP contribution in [-0.2, 0) is 6.42 Å². The molecule has 0 bridgehead atoms. The number of likely N-dealkylation sites (tertiary alicyclic amines) is 1. The first-order valence-electron chi connectivity index (χ1n) is 8.16. The molecule has 3 N–H and O–H groups in total. The number of hydrogen-bond acceptors (Lipinski definition) is 4. The molecule has 21 heavy (non-hydrogen) atoms. The molecule has 2 unspecified atom stereocenters. The second-order valence-corrected chi connectivity index (χ2v) is 6.44. The van der Waals surface area contributed by atoms with Crippen LogP contribution in [-0.4, -0.2) is 30.1 Å². The van der Waals surface area contributed by atoms with Gasteiger partial charge in [0.25, 0.3) is 0 Å². The van der Waals surface area contributed by atoms with Crippen molar-refractivity contribution in [2.45, 2.75) is 51.1 Å². The lowest BCUT2D eigenvalue weighted by molar-refractivity contribution is 0.0828. The van der Waals surface area contributed by atoms with Crippen LogP contribution in [0.25, 0.3) is 0 Å². The van der Waals surface area contributed by atoms with Crippen molar-refractivity contribution in [3.05, 3.63) is 29.3 Å². The Hall–Kier alpha value is -1.10. The molecule has 1 saturated heterocycles. The fourth-order valence-electron chi connectivity index (χ4n) is 3.91. The zero-order valence-corrected chi connectivity index (χ0v) is 13.2. The van der Waals surface area contributed by atoms with Gasteiger partial charge in [0.15, 0.2) is 0 Å². The van der Waals surface area contributed by atoms with Crippen LogP contribution in [0.1, 0.15) is 50.3 Å². The number of benzene rings is 1. The number of para-hydroxylation sites is 1. The van der Waals surface area contributed by atoms with Gasteiger partial charge in [-0.1, -0.05) is 25.1 Å². The highest BCUT2D eigenvalue weighted by Gasteiger charge is 2.41. The Morgan fingerprint density at radius 1 is 1.38 bits per heavy atom. The van der Waals surface area contributed by atoms with Gasteiger partial charge in [-0.2, -0.15) is 0 Å². The summed E-state index contributed by atoms with van der Waals surface area (Å²) in [6.45, 7) is 7.71. The smallest absolute Gasteiger partial charge is 0.127 e. The Morgan fingerprint density at radius 2 is 2.14 bits per heavy atom. The molecule has 1 aromatic rings. The number of fused-ring (bicyclic) bond motifs is 1. The largest absolute Gasteiger partial charge is 0.493 e. The predicted molar refractivity (Wildman–Crippen MR) is 85.2 cm³/mol. The minimum Gasteiger partial charge on any atom is -0.493 e. The molecule has 4 heteroatoms. The SMILES string of the molecule is CCC(C)(C(NN)c1cccc2c1OCC2)N1CCCC1.